The van der Waals surface area contributed by atoms with Gasteiger partial charge in [-0.3, -0.25) is 14.4 Å². The van der Waals surface area contributed by atoms with Crippen LogP contribution in [0.2, 0.25) is 0 Å². The number of halogens is 1. The summed E-state index contributed by atoms with van der Waals surface area (Å²) in [6, 6.07) is 0. The van der Waals surface area contributed by atoms with Crippen LogP contribution in [0.25, 0.3) is 0 Å². The molecule has 4 fully saturated rings. The minimum Gasteiger partial charge on any atom is -0.459 e. The molecule has 4 rings (SSSR count). The molecule has 0 radical (unpaired) electrons. The topological polar surface area (TPSA) is 89.9 Å². The fourth-order valence-corrected chi connectivity index (χ4v) is 8.56. The van der Waals surface area contributed by atoms with Gasteiger partial charge in [-0.2, -0.15) is 0 Å². The Bertz CT molecular complexity index is 845. The molecule has 9 atom stereocenters. The number of esters is 1. The summed E-state index contributed by atoms with van der Waals surface area (Å²) in [6.07, 6.45) is 2.13. The smallest absolute Gasteiger partial charge is 0.305 e. The zero-order valence-electron chi connectivity index (χ0n) is 20.6. The van der Waals surface area contributed by atoms with Gasteiger partial charge in [-0.05, 0) is 49.9 Å². The van der Waals surface area contributed by atoms with Gasteiger partial charge in [0.15, 0.2) is 11.5 Å². The van der Waals surface area contributed by atoms with Crippen LogP contribution >= 0.6 is 0 Å². The number of ketones is 2. The van der Waals surface area contributed by atoms with Gasteiger partial charge in [0.25, 0.3) is 0 Å². The van der Waals surface area contributed by atoms with E-state index in [0.717, 1.165) is 6.42 Å². The Morgan fingerprint density at radius 1 is 1.18 bits per heavy atom. The highest BCUT2D eigenvalue weighted by Gasteiger charge is 2.77. The molecule has 186 valence electrons. The van der Waals surface area contributed by atoms with Crippen LogP contribution in [0.5, 0.6) is 0 Å². The van der Waals surface area contributed by atoms with Gasteiger partial charge in [-0.25, -0.2) is 4.39 Å². The van der Waals surface area contributed by atoms with Crippen LogP contribution in [-0.2, 0) is 23.9 Å². The van der Waals surface area contributed by atoms with Gasteiger partial charge >= 0.3 is 5.97 Å². The van der Waals surface area contributed by atoms with E-state index in [0.29, 0.717) is 32.1 Å². The molecule has 4 aliphatic carbocycles. The summed E-state index contributed by atoms with van der Waals surface area (Å²) in [5, 5.41) is 11.9. The Kier molecular flexibility index (Phi) is 6.09. The minimum absolute atomic E-state index is 0.0833. The second-order valence-corrected chi connectivity index (χ2v) is 11.6. The third-order valence-corrected chi connectivity index (χ3v) is 10.4. The predicted molar refractivity (Wildman–Crippen MR) is 119 cm³/mol. The maximum Gasteiger partial charge on any atom is 0.305 e. The molecule has 0 bridgehead atoms. The van der Waals surface area contributed by atoms with E-state index in [9.17, 15) is 19.5 Å². The van der Waals surface area contributed by atoms with Gasteiger partial charge in [-0.1, -0.05) is 27.7 Å². The van der Waals surface area contributed by atoms with Crippen LogP contribution in [0.15, 0.2) is 0 Å². The van der Waals surface area contributed by atoms with Crippen LogP contribution in [0, 0.1) is 34.5 Å². The molecule has 0 aliphatic heterocycles. The maximum absolute atomic E-state index is 17.8. The monoisotopic (exact) mass is 466 g/mol. The zero-order valence-corrected chi connectivity index (χ0v) is 20.6. The van der Waals surface area contributed by atoms with Crippen LogP contribution < -0.4 is 0 Å². The van der Waals surface area contributed by atoms with Crippen molar-refractivity contribution in [3.05, 3.63) is 0 Å². The molecule has 4 saturated carbocycles. The zero-order chi connectivity index (χ0) is 24.4. The molecule has 4 aliphatic rings. The van der Waals surface area contributed by atoms with E-state index in [-0.39, 0.29) is 43.0 Å². The van der Waals surface area contributed by atoms with Crippen molar-refractivity contribution in [2.45, 2.75) is 96.4 Å². The molecule has 0 spiro atoms. The number of carbonyl (C=O) groups excluding carboxylic acids is 3. The normalized spacial score (nSPS) is 49.1. The summed E-state index contributed by atoms with van der Waals surface area (Å²) in [7, 11) is 1.42. The van der Waals surface area contributed by atoms with Gasteiger partial charge in [-0.15, -0.1) is 0 Å². The molecule has 0 heterocycles. The van der Waals surface area contributed by atoms with Crippen molar-refractivity contribution in [2.24, 2.45) is 34.5 Å². The van der Waals surface area contributed by atoms with Crippen LogP contribution in [0.1, 0.15) is 79.1 Å². The maximum atomic E-state index is 17.8. The third kappa shape index (κ3) is 3.13. The number of hydrogen-bond acceptors (Lipinski definition) is 6. The molecular formula is C26H39FO6. The van der Waals surface area contributed by atoms with E-state index in [1.54, 1.807) is 6.92 Å². The summed E-state index contributed by atoms with van der Waals surface area (Å²) < 4.78 is 28.7. The van der Waals surface area contributed by atoms with Crippen LogP contribution in [-0.4, -0.2) is 53.7 Å². The average Bonchev–Trinajstić information content (AvgIpc) is 2.97. The van der Waals surface area contributed by atoms with Crippen molar-refractivity contribution in [1.82, 2.24) is 0 Å². The van der Waals surface area contributed by atoms with E-state index in [1.165, 1.54) is 7.11 Å². The quantitative estimate of drug-likeness (QED) is 0.620. The van der Waals surface area contributed by atoms with Gasteiger partial charge in [0.1, 0.15) is 24.1 Å². The number of aliphatic hydroxyl groups is 1. The molecule has 1 N–H and O–H groups in total. The number of methoxy groups -OCH3 is 1. The summed E-state index contributed by atoms with van der Waals surface area (Å²) in [4.78, 5) is 37.9. The number of hydrogen-bond donors (Lipinski definition) is 1. The number of carbonyl (C=O) groups is 3. The van der Waals surface area contributed by atoms with Crippen molar-refractivity contribution >= 4 is 17.5 Å². The first-order valence-corrected chi connectivity index (χ1v) is 12.5. The standard InChI is InChI=1S/C26H39FO6/c1-6-22(30)33-21-13-24(4)19(11-15(2)26(24,31)20(29)14-32-5)18-8-7-16-12-17(28)9-10-23(16,3)25(18,21)27/h15-16,18-19,21,31H,6-14H2,1-5H3/t15-,16?,18+,19+,21+,23+,24+,25+,26+/m1/s1. The lowest BCUT2D eigenvalue weighted by molar-refractivity contribution is -0.261. The number of Topliss-reactive ketones (excluding diaryl/α,β-unsaturated/α-hetero) is 2. The lowest BCUT2D eigenvalue weighted by Crippen LogP contribution is -2.71. The fraction of sp³-hybridized carbons (Fsp3) is 0.885. The summed E-state index contributed by atoms with van der Waals surface area (Å²) in [6.45, 7) is 7.14. The minimum atomic E-state index is -1.80. The van der Waals surface area contributed by atoms with Gasteiger partial charge in [0.05, 0.1) is 0 Å². The molecular weight excluding hydrogens is 427 g/mol. The molecule has 6 nitrogen and oxygen atoms in total. The van der Waals surface area contributed by atoms with Crippen molar-refractivity contribution in [3.63, 3.8) is 0 Å². The summed E-state index contributed by atoms with van der Waals surface area (Å²) in [5.41, 5.74) is -5.20. The van der Waals surface area contributed by atoms with E-state index in [4.69, 9.17) is 9.47 Å². The van der Waals surface area contributed by atoms with Crippen molar-refractivity contribution in [2.75, 3.05) is 13.7 Å². The first-order chi connectivity index (χ1) is 15.4. The summed E-state index contributed by atoms with van der Waals surface area (Å²) >= 11 is 0. The summed E-state index contributed by atoms with van der Waals surface area (Å²) in [5.74, 6) is -1.82. The lowest BCUT2D eigenvalue weighted by Gasteiger charge is -2.65. The molecule has 0 aromatic rings. The fourth-order valence-electron chi connectivity index (χ4n) is 8.56. The van der Waals surface area contributed by atoms with Crippen LogP contribution in [0.3, 0.4) is 0 Å². The predicted octanol–water partition coefficient (Wildman–Crippen LogP) is 3.81. The largest absolute Gasteiger partial charge is 0.459 e. The molecule has 7 heteroatoms. The van der Waals surface area contributed by atoms with Crippen molar-refractivity contribution < 1.29 is 33.4 Å². The van der Waals surface area contributed by atoms with Gasteiger partial charge in [0, 0.05) is 43.1 Å². The van der Waals surface area contributed by atoms with Crippen LogP contribution in [0.4, 0.5) is 4.39 Å². The first kappa shape index (κ1) is 24.8. The highest BCUT2D eigenvalue weighted by atomic mass is 19.1. The number of alkyl halides is 1. The average molecular weight is 467 g/mol. The highest BCUT2D eigenvalue weighted by Crippen LogP contribution is 2.72. The van der Waals surface area contributed by atoms with E-state index < -0.39 is 45.9 Å². The second-order valence-electron chi connectivity index (χ2n) is 11.6. The van der Waals surface area contributed by atoms with Gasteiger partial charge < -0.3 is 14.6 Å². The van der Waals surface area contributed by atoms with Crippen molar-refractivity contribution in [1.29, 1.82) is 0 Å². The molecule has 0 amide bonds. The lowest BCUT2D eigenvalue weighted by atomic mass is 9.42. The number of fused-ring (bicyclic) bond motifs is 5. The molecule has 33 heavy (non-hydrogen) atoms. The van der Waals surface area contributed by atoms with E-state index in [1.807, 2.05) is 20.8 Å². The Morgan fingerprint density at radius 3 is 2.52 bits per heavy atom. The highest BCUT2D eigenvalue weighted by molar-refractivity contribution is 5.90. The Balaban J connectivity index is 1.83. The Labute approximate surface area is 196 Å². The third-order valence-electron chi connectivity index (χ3n) is 10.4. The molecule has 0 aromatic heterocycles. The molecule has 0 saturated heterocycles. The van der Waals surface area contributed by atoms with Crippen molar-refractivity contribution in [3.8, 4) is 0 Å². The molecule has 1 unspecified atom stereocenters. The first-order valence-electron chi connectivity index (χ1n) is 12.5. The number of rotatable bonds is 5. The Morgan fingerprint density at radius 2 is 1.88 bits per heavy atom. The SMILES string of the molecule is CCC(=O)O[C@H]1C[C@@]2(C)[C@@H](C[C@@H](C)[C@]2(O)C(=O)COC)[C@@H]2CCC3CC(=O)CC[C@]3(C)[C@@]12F. The van der Waals surface area contributed by atoms with E-state index in [2.05, 4.69) is 0 Å². The second kappa shape index (κ2) is 8.11. The van der Waals surface area contributed by atoms with E-state index >= 15 is 4.39 Å². The van der Waals surface area contributed by atoms with Gasteiger partial charge in [0.2, 0.25) is 0 Å². The molecule has 0 aromatic carbocycles. The Hall–Kier alpha value is -1.34. The number of ether oxygens (including phenoxy) is 2.